The molecule has 0 atom stereocenters. The smallest absolute Gasteiger partial charge is 0.253 e. The van der Waals surface area contributed by atoms with Gasteiger partial charge in [-0.2, -0.15) is 5.26 Å². The summed E-state index contributed by atoms with van der Waals surface area (Å²) in [4.78, 5) is 17.4. The van der Waals surface area contributed by atoms with Crippen molar-refractivity contribution in [2.45, 2.75) is 43.9 Å². The highest BCUT2D eigenvalue weighted by Crippen LogP contribution is 2.28. The third-order valence-electron chi connectivity index (χ3n) is 7.42. The van der Waals surface area contributed by atoms with Crippen molar-refractivity contribution in [2.24, 2.45) is 0 Å². The molecule has 2 N–H and O–H groups in total. The second kappa shape index (κ2) is 10.9. The fourth-order valence-corrected chi connectivity index (χ4v) is 5.34. The van der Waals surface area contributed by atoms with Crippen LogP contribution in [0, 0.1) is 11.3 Å². The van der Waals surface area contributed by atoms with Crippen LogP contribution in [0.3, 0.4) is 0 Å². The fourth-order valence-electron chi connectivity index (χ4n) is 5.13. The van der Waals surface area contributed by atoms with E-state index in [0.29, 0.717) is 28.4 Å². The number of hydrogen-bond acceptors (Lipinski definition) is 6. The number of nitrogens with zero attached hydrogens (tertiary/aromatic N) is 3. The number of carbonyl (C=O) groups is 1. The molecule has 7 nitrogen and oxygen atoms in total. The Morgan fingerprint density at radius 1 is 1.03 bits per heavy atom. The predicted octanol–water partition coefficient (Wildman–Crippen LogP) is 3.74. The lowest BCUT2D eigenvalue weighted by Crippen LogP contribution is -2.62. The molecular formula is C27H32ClN5O2. The average Bonchev–Trinajstić information content (AvgIpc) is 2.85. The van der Waals surface area contributed by atoms with Crippen LogP contribution in [0.25, 0.3) is 0 Å². The van der Waals surface area contributed by atoms with Crippen LogP contribution in [0.15, 0.2) is 42.5 Å². The zero-order chi connectivity index (χ0) is 24.2. The van der Waals surface area contributed by atoms with Crippen LogP contribution in [-0.2, 0) is 0 Å². The van der Waals surface area contributed by atoms with Gasteiger partial charge >= 0.3 is 0 Å². The molecule has 2 saturated heterocycles. The topological polar surface area (TPSA) is 80.6 Å². The molecule has 0 unspecified atom stereocenters. The first-order valence-corrected chi connectivity index (χ1v) is 12.9. The normalized spacial score (nSPS) is 23.3. The van der Waals surface area contributed by atoms with Gasteiger partial charge in [-0.05, 0) is 62.1 Å². The number of carbonyl (C=O) groups excluding carboxylic acids is 1. The van der Waals surface area contributed by atoms with Gasteiger partial charge in [0.1, 0.15) is 11.8 Å². The number of benzene rings is 2. The minimum atomic E-state index is 0.128. The number of anilines is 1. The van der Waals surface area contributed by atoms with Crippen LogP contribution in [-0.4, -0.2) is 73.2 Å². The molecule has 3 aliphatic rings. The number of nitrogens with one attached hydrogen (secondary N) is 2. The molecule has 2 aromatic carbocycles. The summed E-state index contributed by atoms with van der Waals surface area (Å²) in [7, 11) is 0. The van der Waals surface area contributed by atoms with Gasteiger partial charge in [0.2, 0.25) is 0 Å². The Hall–Kier alpha value is -2.79. The molecule has 0 radical (unpaired) electrons. The summed E-state index contributed by atoms with van der Waals surface area (Å²) in [6.07, 6.45) is 4.08. The lowest BCUT2D eigenvalue weighted by Gasteiger charge is -2.43. The van der Waals surface area contributed by atoms with Crippen LogP contribution < -0.4 is 15.4 Å². The number of piperazine rings is 1. The first kappa shape index (κ1) is 23.9. The molecular weight excluding hydrogens is 462 g/mol. The molecule has 2 aliphatic heterocycles. The van der Waals surface area contributed by atoms with Gasteiger partial charge in [0, 0.05) is 68.7 Å². The molecule has 1 saturated carbocycles. The molecule has 2 heterocycles. The van der Waals surface area contributed by atoms with E-state index in [9.17, 15) is 4.79 Å². The SMILES string of the molecule is N#Cc1ccc(OC2CCC(Nc3ccc(C(=O)N4CCN(C5CNC5)CC4)cc3)CC2)cc1Cl. The van der Waals surface area contributed by atoms with E-state index in [2.05, 4.69) is 21.6 Å². The first-order valence-electron chi connectivity index (χ1n) is 12.6. The zero-order valence-corrected chi connectivity index (χ0v) is 20.6. The minimum Gasteiger partial charge on any atom is -0.490 e. The second-order valence-corrected chi connectivity index (χ2v) is 10.1. The largest absolute Gasteiger partial charge is 0.490 e. The summed E-state index contributed by atoms with van der Waals surface area (Å²) < 4.78 is 6.09. The molecule has 1 aliphatic carbocycles. The van der Waals surface area contributed by atoms with E-state index < -0.39 is 0 Å². The lowest BCUT2D eigenvalue weighted by molar-refractivity contribution is 0.0502. The lowest BCUT2D eigenvalue weighted by atomic mass is 9.92. The van der Waals surface area contributed by atoms with E-state index >= 15 is 0 Å². The molecule has 3 fully saturated rings. The Bertz CT molecular complexity index is 1070. The molecule has 35 heavy (non-hydrogen) atoms. The highest BCUT2D eigenvalue weighted by Gasteiger charge is 2.29. The monoisotopic (exact) mass is 493 g/mol. The Morgan fingerprint density at radius 3 is 2.34 bits per heavy atom. The van der Waals surface area contributed by atoms with Crippen molar-refractivity contribution in [2.75, 3.05) is 44.6 Å². The van der Waals surface area contributed by atoms with Crippen LogP contribution in [0.2, 0.25) is 5.02 Å². The summed E-state index contributed by atoms with van der Waals surface area (Å²) in [5.74, 6) is 0.843. The third-order valence-corrected chi connectivity index (χ3v) is 7.73. The number of nitriles is 1. The van der Waals surface area contributed by atoms with E-state index in [-0.39, 0.29) is 12.0 Å². The van der Waals surface area contributed by atoms with Crippen molar-refractivity contribution in [3.63, 3.8) is 0 Å². The Kier molecular flexibility index (Phi) is 7.43. The van der Waals surface area contributed by atoms with Gasteiger partial charge in [0.15, 0.2) is 0 Å². The molecule has 1 amide bonds. The predicted molar refractivity (Wildman–Crippen MR) is 137 cm³/mol. The van der Waals surface area contributed by atoms with Gasteiger partial charge < -0.3 is 20.3 Å². The first-order chi connectivity index (χ1) is 17.1. The number of amides is 1. The molecule has 184 valence electrons. The van der Waals surface area contributed by atoms with Crippen molar-refractivity contribution < 1.29 is 9.53 Å². The van der Waals surface area contributed by atoms with E-state index in [0.717, 1.165) is 76.2 Å². The van der Waals surface area contributed by atoms with Crippen LogP contribution >= 0.6 is 11.6 Å². The van der Waals surface area contributed by atoms with Gasteiger partial charge in [-0.3, -0.25) is 9.69 Å². The standard InChI is InChI=1S/C27H32ClN5O2/c28-26-15-25(8-3-20(26)16-29)35-24-9-6-22(7-10-24)31-21-4-1-19(2-5-21)27(34)33-13-11-32(12-14-33)23-17-30-18-23/h1-5,8,15,22-24,30-31H,6-7,9-14,17-18H2. The zero-order valence-electron chi connectivity index (χ0n) is 19.9. The maximum absolute atomic E-state index is 12.9. The number of halogens is 1. The van der Waals surface area contributed by atoms with E-state index in [1.807, 2.05) is 35.2 Å². The van der Waals surface area contributed by atoms with Crippen LogP contribution in [0.4, 0.5) is 5.69 Å². The van der Waals surface area contributed by atoms with Crippen molar-refractivity contribution in [1.82, 2.24) is 15.1 Å². The number of hydrogen-bond donors (Lipinski definition) is 2. The van der Waals surface area contributed by atoms with Gasteiger partial charge in [0.25, 0.3) is 5.91 Å². The molecule has 2 aromatic rings. The summed E-state index contributed by atoms with van der Waals surface area (Å²) >= 11 is 6.12. The van der Waals surface area contributed by atoms with Crippen molar-refractivity contribution in [3.05, 3.63) is 58.6 Å². The van der Waals surface area contributed by atoms with Crippen LogP contribution in [0.1, 0.15) is 41.6 Å². The summed E-state index contributed by atoms with van der Waals surface area (Å²) in [5.41, 5.74) is 2.27. The van der Waals surface area contributed by atoms with Gasteiger partial charge in [-0.25, -0.2) is 0 Å². The van der Waals surface area contributed by atoms with E-state index in [1.54, 1.807) is 12.1 Å². The van der Waals surface area contributed by atoms with Crippen molar-refractivity contribution in [3.8, 4) is 11.8 Å². The van der Waals surface area contributed by atoms with E-state index in [1.165, 1.54) is 0 Å². The summed E-state index contributed by atoms with van der Waals surface area (Å²) in [6.45, 7) is 5.67. The average molecular weight is 494 g/mol. The Labute approximate surface area is 212 Å². The summed E-state index contributed by atoms with van der Waals surface area (Å²) in [5, 5.41) is 16.4. The highest BCUT2D eigenvalue weighted by molar-refractivity contribution is 6.31. The molecule has 0 bridgehead atoms. The Balaban J connectivity index is 1.07. The van der Waals surface area contributed by atoms with Crippen molar-refractivity contribution in [1.29, 1.82) is 5.26 Å². The maximum Gasteiger partial charge on any atom is 0.253 e. The third kappa shape index (κ3) is 5.72. The van der Waals surface area contributed by atoms with Crippen LogP contribution in [0.5, 0.6) is 5.75 Å². The molecule has 8 heteroatoms. The summed E-state index contributed by atoms with van der Waals surface area (Å²) in [6, 6.07) is 16.3. The van der Waals surface area contributed by atoms with Gasteiger partial charge in [-0.15, -0.1) is 0 Å². The highest BCUT2D eigenvalue weighted by atomic mass is 35.5. The number of rotatable bonds is 6. The quantitative estimate of drug-likeness (QED) is 0.638. The fraction of sp³-hybridized carbons (Fsp3) is 0.481. The second-order valence-electron chi connectivity index (χ2n) is 9.71. The Morgan fingerprint density at radius 2 is 1.74 bits per heavy atom. The van der Waals surface area contributed by atoms with E-state index in [4.69, 9.17) is 21.6 Å². The maximum atomic E-state index is 12.9. The number of ether oxygens (including phenoxy) is 1. The van der Waals surface area contributed by atoms with Gasteiger partial charge in [0.05, 0.1) is 16.7 Å². The molecule has 5 rings (SSSR count). The van der Waals surface area contributed by atoms with Gasteiger partial charge in [-0.1, -0.05) is 11.6 Å². The molecule has 0 spiro atoms. The van der Waals surface area contributed by atoms with Crippen molar-refractivity contribution >= 4 is 23.2 Å². The molecule has 0 aromatic heterocycles. The minimum absolute atomic E-state index is 0.128.